The molecule has 3 rings (SSSR count). The van der Waals surface area contributed by atoms with Crippen molar-refractivity contribution in [1.82, 2.24) is 5.16 Å². The van der Waals surface area contributed by atoms with Gasteiger partial charge in [0, 0.05) is 11.1 Å². The fraction of sp³-hybridized carbons (Fsp3) is 0.0588. The van der Waals surface area contributed by atoms with Gasteiger partial charge in [-0.2, -0.15) is 5.11 Å². The van der Waals surface area contributed by atoms with E-state index in [0.717, 1.165) is 5.56 Å². The molecule has 0 saturated heterocycles. The fourth-order valence-corrected chi connectivity index (χ4v) is 2.06. The number of aromatic nitrogens is 1. The summed E-state index contributed by atoms with van der Waals surface area (Å²) in [6, 6.07) is 15.9. The van der Waals surface area contributed by atoms with Crippen LogP contribution in [-0.4, -0.2) is 10.9 Å². The van der Waals surface area contributed by atoms with Crippen LogP contribution in [0.3, 0.4) is 0 Å². The Labute approximate surface area is 131 Å². The van der Waals surface area contributed by atoms with Crippen molar-refractivity contribution in [2.45, 2.75) is 6.92 Å². The van der Waals surface area contributed by atoms with Gasteiger partial charge in [0.25, 0.3) is 0 Å². The number of hydrogen-bond acceptors (Lipinski definition) is 5. The molecule has 0 saturated carbocycles. The molecule has 0 aliphatic rings. The van der Waals surface area contributed by atoms with Crippen molar-refractivity contribution < 1.29 is 9.32 Å². The van der Waals surface area contributed by atoms with Gasteiger partial charge in [-0.15, -0.1) is 5.11 Å². The minimum absolute atomic E-state index is 0.0221. The van der Waals surface area contributed by atoms with Crippen molar-refractivity contribution in [3.63, 3.8) is 0 Å². The Balaban J connectivity index is 1.93. The minimum atomic E-state index is -0.590. The van der Waals surface area contributed by atoms with Gasteiger partial charge in [-0.25, -0.2) is 9.95 Å². The maximum absolute atomic E-state index is 11.8. The van der Waals surface area contributed by atoms with Gasteiger partial charge in [-0.05, 0) is 31.2 Å². The zero-order valence-electron chi connectivity index (χ0n) is 12.3. The van der Waals surface area contributed by atoms with Crippen molar-refractivity contribution in [1.29, 1.82) is 0 Å². The number of carbonyl (C=O) groups excluding carboxylic acids is 1. The highest BCUT2D eigenvalue weighted by Crippen LogP contribution is 2.26. The average Bonchev–Trinajstić information content (AvgIpc) is 2.95. The van der Waals surface area contributed by atoms with Crippen LogP contribution in [0, 0.1) is 0 Å². The summed E-state index contributed by atoms with van der Waals surface area (Å²) in [5.41, 5.74) is 1.89. The zero-order valence-corrected chi connectivity index (χ0v) is 12.3. The first-order chi connectivity index (χ1) is 11.1. The molecule has 1 N–H and O–H groups in total. The molecule has 0 aliphatic heterocycles. The molecule has 0 spiro atoms. The van der Waals surface area contributed by atoms with Gasteiger partial charge in [-0.1, -0.05) is 30.3 Å². The number of aromatic amines is 1. The summed E-state index contributed by atoms with van der Waals surface area (Å²) < 4.78 is 4.81. The molecule has 23 heavy (non-hydrogen) atoms. The normalized spacial score (nSPS) is 11.0. The third-order valence-corrected chi connectivity index (χ3v) is 3.28. The van der Waals surface area contributed by atoms with Gasteiger partial charge < -0.3 is 4.52 Å². The van der Waals surface area contributed by atoms with Crippen LogP contribution in [0.25, 0.3) is 11.3 Å². The van der Waals surface area contributed by atoms with Crippen molar-refractivity contribution in [3.05, 3.63) is 70.6 Å². The van der Waals surface area contributed by atoms with Crippen LogP contribution in [0.5, 0.6) is 0 Å². The summed E-state index contributed by atoms with van der Waals surface area (Å²) in [4.78, 5) is 23.0. The quantitative estimate of drug-likeness (QED) is 0.577. The van der Waals surface area contributed by atoms with Gasteiger partial charge in [0.15, 0.2) is 11.5 Å². The maximum atomic E-state index is 11.8. The first kappa shape index (κ1) is 14.6. The van der Waals surface area contributed by atoms with Gasteiger partial charge in [-0.3, -0.25) is 4.79 Å². The highest BCUT2D eigenvalue weighted by molar-refractivity contribution is 5.94. The Hall–Kier alpha value is -3.28. The number of H-pyrrole nitrogens is 1. The van der Waals surface area contributed by atoms with Crippen molar-refractivity contribution in [2.75, 3.05) is 0 Å². The summed E-state index contributed by atoms with van der Waals surface area (Å²) in [5.74, 6) is -0.0221. The average molecular weight is 307 g/mol. The van der Waals surface area contributed by atoms with Gasteiger partial charge in [0.2, 0.25) is 0 Å². The second-order valence-electron chi connectivity index (χ2n) is 4.88. The number of carbonyl (C=O) groups is 1. The molecule has 2 aromatic carbocycles. The molecule has 0 unspecified atom stereocenters. The Morgan fingerprint density at radius 1 is 1.00 bits per heavy atom. The fourth-order valence-electron chi connectivity index (χ4n) is 2.06. The molecular formula is C17H13N3O3. The van der Waals surface area contributed by atoms with Crippen molar-refractivity contribution in [2.24, 2.45) is 10.2 Å². The molecular weight excluding hydrogens is 294 g/mol. The molecule has 1 aromatic heterocycles. The van der Waals surface area contributed by atoms with E-state index in [1.165, 1.54) is 6.92 Å². The molecule has 0 atom stereocenters. The lowest BCUT2D eigenvalue weighted by Crippen LogP contribution is -1.90. The monoisotopic (exact) mass is 307 g/mol. The van der Waals surface area contributed by atoms with E-state index in [2.05, 4.69) is 15.4 Å². The number of azo groups is 1. The van der Waals surface area contributed by atoms with E-state index in [4.69, 9.17) is 4.52 Å². The molecule has 1 heterocycles. The van der Waals surface area contributed by atoms with E-state index in [0.29, 0.717) is 16.9 Å². The molecule has 3 aromatic rings. The Kier molecular flexibility index (Phi) is 3.97. The topological polar surface area (TPSA) is 87.8 Å². The van der Waals surface area contributed by atoms with E-state index in [1.807, 2.05) is 30.3 Å². The summed E-state index contributed by atoms with van der Waals surface area (Å²) in [7, 11) is 0. The molecule has 0 aliphatic carbocycles. The number of rotatable bonds is 4. The number of nitrogens with one attached hydrogen (secondary N) is 1. The number of hydrogen-bond donors (Lipinski definition) is 1. The van der Waals surface area contributed by atoms with E-state index >= 15 is 0 Å². The number of Topliss-reactive ketones (excluding diaryl/α,β-unsaturated/α-hetero) is 1. The number of benzene rings is 2. The molecule has 0 amide bonds. The Morgan fingerprint density at radius 2 is 1.70 bits per heavy atom. The summed E-state index contributed by atoms with van der Waals surface area (Å²) in [6.07, 6.45) is 0. The van der Waals surface area contributed by atoms with Crippen LogP contribution in [0.15, 0.2) is 74.1 Å². The minimum Gasteiger partial charge on any atom is -0.336 e. The highest BCUT2D eigenvalue weighted by Gasteiger charge is 2.13. The van der Waals surface area contributed by atoms with Crippen molar-refractivity contribution >= 4 is 17.2 Å². The van der Waals surface area contributed by atoms with E-state index in [9.17, 15) is 9.59 Å². The second kappa shape index (κ2) is 6.23. The molecule has 6 nitrogen and oxygen atoms in total. The lowest BCUT2D eigenvalue weighted by molar-refractivity contribution is 0.101. The highest BCUT2D eigenvalue weighted by atomic mass is 16.5. The second-order valence-corrected chi connectivity index (χ2v) is 4.88. The van der Waals surface area contributed by atoms with Crippen LogP contribution in [0.2, 0.25) is 0 Å². The van der Waals surface area contributed by atoms with Crippen LogP contribution in [0.1, 0.15) is 17.3 Å². The summed E-state index contributed by atoms with van der Waals surface area (Å²) in [6.45, 7) is 1.49. The van der Waals surface area contributed by atoms with Crippen LogP contribution < -0.4 is 5.63 Å². The van der Waals surface area contributed by atoms with Gasteiger partial charge in [0.1, 0.15) is 5.69 Å². The van der Waals surface area contributed by atoms with Gasteiger partial charge >= 0.3 is 5.63 Å². The lowest BCUT2D eigenvalue weighted by atomic mass is 10.1. The van der Waals surface area contributed by atoms with Crippen LogP contribution >= 0.6 is 0 Å². The third-order valence-electron chi connectivity index (χ3n) is 3.28. The maximum Gasteiger partial charge on any atom is 0.385 e. The molecule has 114 valence electrons. The summed E-state index contributed by atoms with van der Waals surface area (Å²) >= 11 is 0. The van der Waals surface area contributed by atoms with Crippen LogP contribution in [-0.2, 0) is 0 Å². The first-order valence-corrected chi connectivity index (χ1v) is 6.95. The summed E-state index contributed by atoms with van der Waals surface area (Å²) in [5, 5.41) is 10.6. The smallest absolute Gasteiger partial charge is 0.336 e. The van der Waals surface area contributed by atoms with E-state index < -0.39 is 5.63 Å². The first-order valence-electron chi connectivity index (χ1n) is 6.95. The molecule has 0 bridgehead atoms. The lowest BCUT2D eigenvalue weighted by Gasteiger charge is -1.97. The van der Waals surface area contributed by atoms with Gasteiger partial charge in [0.05, 0.1) is 5.69 Å². The van der Waals surface area contributed by atoms with E-state index in [-0.39, 0.29) is 11.5 Å². The standard InChI is InChI=1S/C17H13N3O3/c1-11(21)12-7-9-14(10-8-12)18-19-16-15(20-23-17(16)22)13-5-3-2-4-6-13/h2-10,20H,1H3. The third kappa shape index (κ3) is 3.16. The number of nitrogens with zero attached hydrogens (tertiary/aromatic N) is 2. The van der Waals surface area contributed by atoms with Crippen molar-refractivity contribution in [3.8, 4) is 11.3 Å². The van der Waals surface area contributed by atoms with E-state index in [1.54, 1.807) is 24.3 Å². The van der Waals surface area contributed by atoms with Crippen LogP contribution in [0.4, 0.5) is 11.4 Å². The zero-order chi connectivity index (χ0) is 16.2. The molecule has 0 radical (unpaired) electrons. The molecule has 6 heteroatoms. The predicted molar refractivity (Wildman–Crippen MR) is 85.4 cm³/mol. The Bertz CT molecular complexity index is 906. The molecule has 0 fully saturated rings. The predicted octanol–water partition coefficient (Wildman–Crippen LogP) is 4.25. The largest absolute Gasteiger partial charge is 0.385 e. The SMILES string of the molecule is CC(=O)c1ccc(N=Nc2c(-c3ccccc3)[nH]oc2=O)cc1. The number of ketones is 1. The Morgan fingerprint density at radius 3 is 2.35 bits per heavy atom.